The summed E-state index contributed by atoms with van der Waals surface area (Å²) in [7, 11) is 3.03. The Balaban J connectivity index is 2.09. The van der Waals surface area contributed by atoms with Gasteiger partial charge in [0.15, 0.2) is 5.16 Å². The minimum absolute atomic E-state index is 0.0979. The third kappa shape index (κ3) is 2.93. The van der Waals surface area contributed by atoms with Crippen molar-refractivity contribution in [1.82, 2.24) is 9.55 Å². The van der Waals surface area contributed by atoms with Crippen LogP contribution >= 0.6 is 34.4 Å². The summed E-state index contributed by atoms with van der Waals surface area (Å²) >= 11 is 4.26. The molecule has 0 unspecified atom stereocenters. The van der Waals surface area contributed by atoms with Crippen molar-refractivity contribution in [3.05, 3.63) is 33.2 Å². The Morgan fingerprint density at radius 1 is 1.43 bits per heavy atom. The maximum absolute atomic E-state index is 12.8. The predicted molar refractivity (Wildman–Crippen MR) is 95.5 cm³/mol. The number of rotatable bonds is 4. The topological polar surface area (TPSA) is 61.2 Å². The van der Waals surface area contributed by atoms with Crippen molar-refractivity contribution in [2.24, 2.45) is 7.05 Å². The van der Waals surface area contributed by atoms with Gasteiger partial charge < -0.3 is 4.74 Å². The molecule has 0 saturated carbocycles. The number of fused-ring (bicyclic) bond motifs is 1. The lowest BCUT2D eigenvalue weighted by atomic mass is 10.2. The maximum atomic E-state index is 12.8. The van der Waals surface area contributed by atoms with Crippen molar-refractivity contribution in [3.63, 3.8) is 0 Å². The fourth-order valence-electron chi connectivity index (χ4n) is 2.14. The van der Waals surface area contributed by atoms with Crippen LogP contribution in [0.4, 0.5) is 0 Å². The number of carbonyl (C=O) groups excluding carboxylic acids is 1. The van der Waals surface area contributed by atoms with Gasteiger partial charge >= 0.3 is 5.97 Å². The lowest BCUT2D eigenvalue weighted by Gasteiger charge is -2.11. The van der Waals surface area contributed by atoms with Gasteiger partial charge in [0.05, 0.1) is 12.5 Å². The molecule has 3 rings (SSSR count). The van der Waals surface area contributed by atoms with Crippen molar-refractivity contribution < 1.29 is 9.53 Å². The Morgan fingerprint density at radius 2 is 2.22 bits per heavy atom. The Morgan fingerprint density at radius 3 is 2.87 bits per heavy atom. The van der Waals surface area contributed by atoms with Crippen LogP contribution in [0.5, 0.6) is 0 Å². The zero-order chi connectivity index (χ0) is 16.6. The quantitative estimate of drug-likeness (QED) is 0.402. The van der Waals surface area contributed by atoms with Crippen molar-refractivity contribution in [2.45, 2.75) is 17.3 Å². The molecular weight excluding hydrogens is 352 g/mol. The molecule has 0 saturated heterocycles. The highest BCUT2D eigenvalue weighted by molar-refractivity contribution is 8.00. The third-order valence-corrected chi connectivity index (χ3v) is 6.27. The second-order valence-electron chi connectivity index (χ2n) is 4.85. The van der Waals surface area contributed by atoms with Crippen molar-refractivity contribution in [1.29, 1.82) is 0 Å². The van der Waals surface area contributed by atoms with E-state index in [9.17, 15) is 9.59 Å². The maximum Gasteiger partial charge on any atom is 0.318 e. The van der Waals surface area contributed by atoms with Gasteiger partial charge in [0.2, 0.25) is 0 Å². The van der Waals surface area contributed by atoms with Crippen LogP contribution < -0.4 is 5.56 Å². The van der Waals surface area contributed by atoms with Crippen molar-refractivity contribution in [2.75, 3.05) is 7.11 Å². The van der Waals surface area contributed by atoms with Crippen LogP contribution in [0.25, 0.3) is 20.7 Å². The van der Waals surface area contributed by atoms with Crippen molar-refractivity contribution in [3.8, 4) is 10.4 Å². The van der Waals surface area contributed by atoms with E-state index in [1.165, 1.54) is 34.8 Å². The van der Waals surface area contributed by atoms with Gasteiger partial charge in [-0.15, -0.1) is 22.7 Å². The Labute approximate surface area is 144 Å². The first kappa shape index (κ1) is 16.2. The summed E-state index contributed by atoms with van der Waals surface area (Å²) < 4.78 is 6.22. The first-order chi connectivity index (χ1) is 11.0. The Hall–Kier alpha value is -1.64. The number of ether oxygens (including phenoxy) is 1. The van der Waals surface area contributed by atoms with Gasteiger partial charge in [-0.1, -0.05) is 17.8 Å². The molecule has 0 N–H and O–H groups in total. The zero-order valence-corrected chi connectivity index (χ0v) is 15.2. The van der Waals surface area contributed by atoms with E-state index in [4.69, 9.17) is 4.74 Å². The second kappa shape index (κ2) is 6.46. The monoisotopic (exact) mass is 366 g/mol. The molecule has 3 aromatic heterocycles. The number of aromatic nitrogens is 2. The van der Waals surface area contributed by atoms with Gasteiger partial charge in [0, 0.05) is 22.9 Å². The van der Waals surface area contributed by atoms with E-state index in [-0.39, 0.29) is 11.5 Å². The number of carbonyl (C=O) groups is 1. The first-order valence-corrected chi connectivity index (χ1v) is 9.43. The van der Waals surface area contributed by atoms with E-state index in [1.54, 1.807) is 25.3 Å². The fraction of sp³-hybridized carbons (Fsp3) is 0.267. The molecule has 0 aliphatic rings. The van der Waals surface area contributed by atoms with Crippen LogP contribution in [0, 0.1) is 0 Å². The average molecular weight is 366 g/mol. The van der Waals surface area contributed by atoms with Crippen LogP contribution in [-0.2, 0) is 16.6 Å². The number of esters is 1. The highest BCUT2D eigenvalue weighted by Gasteiger charge is 2.20. The lowest BCUT2D eigenvalue weighted by Crippen LogP contribution is -2.22. The van der Waals surface area contributed by atoms with E-state index >= 15 is 0 Å². The molecule has 1 atom stereocenters. The highest BCUT2D eigenvalue weighted by atomic mass is 32.2. The number of methoxy groups -OCH3 is 1. The van der Waals surface area contributed by atoms with Gasteiger partial charge in [0.1, 0.15) is 10.1 Å². The molecule has 0 amide bonds. The SMILES string of the molecule is COC(=O)[C@H](C)Sc1nc2scc(-c3cccs3)c2c(=O)n1C. The van der Waals surface area contributed by atoms with Crippen LogP contribution in [0.15, 0.2) is 32.8 Å². The van der Waals surface area contributed by atoms with E-state index in [2.05, 4.69) is 4.98 Å². The van der Waals surface area contributed by atoms with E-state index in [0.717, 1.165) is 10.4 Å². The fourth-order valence-corrected chi connectivity index (χ4v) is 4.85. The van der Waals surface area contributed by atoms with Gasteiger partial charge in [-0.05, 0) is 18.4 Å². The largest absolute Gasteiger partial charge is 0.468 e. The minimum atomic E-state index is -0.424. The molecule has 0 aromatic carbocycles. The van der Waals surface area contributed by atoms with Gasteiger partial charge in [-0.3, -0.25) is 14.2 Å². The standard InChI is InChI=1S/C15H14N2O3S3/c1-8(14(19)20-3)23-15-16-12-11(13(18)17(15)2)9(7-22-12)10-5-4-6-21-10/h4-8H,1-3H3/t8-/m0/s1. The molecule has 3 heterocycles. The summed E-state index contributed by atoms with van der Waals surface area (Å²) in [5, 5.41) is 4.67. The van der Waals surface area contributed by atoms with Crippen LogP contribution in [-0.4, -0.2) is 27.9 Å². The Kier molecular flexibility index (Phi) is 4.56. The van der Waals surface area contributed by atoms with Crippen molar-refractivity contribution >= 4 is 50.6 Å². The molecule has 5 nitrogen and oxygen atoms in total. The average Bonchev–Trinajstić information content (AvgIpc) is 3.20. The number of nitrogens with zero attached hydrogens (tertiary/aromatic N) is 2. The molecule has 23 heavy (non-hydrogen) atoms. The van der Waals surface area contributed by atoms with Crippen LogP contribution in [0.2, 0.25) is 0 Å². The molecule has 3 aromatic rings. The van der Waals surface area contributed by atoms with E-state index < -0.39 is 5.25 Å². The number of thioether (sulfide) groups is 1. The molecule has 0 bridgehead atoms. The molecule has 0 aliphatic heterocycles. The Bertz CT molecular complexity index is 912. The van der Waals surface area contributed by atoms with Gasteiger partial charge in [0.25, 0.3) is 5.56 Å². The third-order valence-electron chi connectivity index (χ3n) is 3.38. The predicted octanol–water partition coefficient (Wildman–Crippen LogP) is 3.38. The van der Waals surface area contributed by atoms with Crippen LogP contribution in [0.1, 0.15) is 6.92 Å². The molecule has 0 radical (unpaired) electrons. The summed E-state index contributed by atoms with van der Waals surface area (Å²) in [5.74, 6) is -0.338. The molecule has 8 heteroatoms. The minimum Gasteiger partial charge on any atom is -0.468 e. The summed E-state index contributed by atoms with van der Waals surface area (Å²) in [6, 6.07) is 3.96. The molecular formula is C15H14N2O3S3. The normalized spacial score (nSPS) is 12.5. The highest BCUT2D eigenvalue weighted by Crippen LogP contribution is 2.34. The molecule has 0 spiro atoms. The smallest absolute Gasteiger partial charge is 0.318 e. The van der Waals surface area contributed by atoms with Gasteiger partial charge in [-0.2, -0.15) is 0 Å². The number of hydrogen-bond donors (Lipinski definition) is 0. The zero-order valence-electron chi connectivity index (χ0n) is 12.7. The summed E-state index contributed by atoms with van der Waals surface area (Å²) in [6.07, 6.45) is 0. The summed E-state index contributed by atoms with van der Waals surface area (Å²) in [4.78, 5) is 30.6. The lowest BCUT2D eigenvalue weighted by molar-refractivity contribution is -0.139. The molecule has 0 aliphatic carbocycles. The van der Waals surface area contributed by atoms with Gasteiger partial charge in [-0.25, -0.2) is 4.98 Å². The first-order valence-electron chi connectivity index (χ1n) is 6.79. The van der Waals surface area contributed by atoms with E-state index in [0.29, 0.717) is 15.4 Å². The second-order valence-corrected chi connectivity index (χ2v) is 7.96. The summed E-state index contributed by atoms with van der Waals surface area (Å²) in [6.45, 7) is 1.73. The van der Waals surface area contributed by atoms with Crippen LogP contribution in [0.3, 0.4) is 0 Å². The number of hydrogen-bond acceptors (Lipinski definition) is 7. The summed E-state index contributed by atoms with van der Waals surface area (Å²) in [5.41, 5.74) is 0.824. The molecule has 0 fully saturated rings. The van der Waals surface area contributed by atoms with E-state index in [1.807, 2.05) is 22.9 Å². The number of thiophene rings is 2. The molecule has 120 valence electrons.